The molecule has 2 heterocycles. The lowest BCUT2D eigenvalue weighted by molar-refractivity contribution is -0.351. The molecule has 2 aromatic rings. The molecule has 0 aliphatic carbocycles. The topological polar surface area (TPSA) is 309 Å². The van der Waals surface area contributed by atoms with Gasteiger partial charge in [-0.05, 0) is 53.5 Å². The van der Waals surface area contributed by atoms with Gasteiger partial charge in [0.25, 0.3) is 0 Å². The second-order valence-electron chi connectivity index (χ2n) is 18.5. The van der Waals surface area contributed by atoms with Crippen molar-refractivity contribution in [3.8, 4) is 0 Å². The number of hydrogen-bond donors (Lipinski definition) is 6. The van der Waals surface area contributed by atoms with Crippen molar-refractivity contribution in [1.82, 2.24) is 31.9 Å². The fourth-order valence-electron chi connectivity index (χ4n) is 7.52. The van der Waals surface area contributed by atoms with Crippen molar-refractivity contribution in [3.05, 3.63) is 71.8 Å². The minimum Gasteiger partial charge on any atom is -0.467 e. The Morgan fingerprint density at radius 2 is 1.29 bits per heavy atom. The fourth-order valence-corrected chi connectivity index (χ4v) is 8.58. The first-order valence-electron chi connectivity index (χ1n) is 24.1. The van der Waals surface area contributed by atoms with Crippen molar-refractivity contribution in [2.24, 2.45) is 0 Å². The molecule has 414 valence electrons. The van der Waals surface area contributed by atoms with Crippen molar-refractivity contribution in [1.29, 1.82) is 0 Å². The van der Waals surface area contributed by atoms with Gasteiger partial charge < -0.3 is 74.5 Å². The first kappa shape index (κ1) is 61.2. The third-order valence-electron chi connectivity index (χ3n) is 11.3. The summed E-state index contributed by atoms with van der Waals surface area (Å²) in [7, 11) is 3.32. The number of rotatable bonds is 25. The van der Waals surface area contributed by atoms with Gasteiger partial charge in [-0.3, -0.25) is 24.0 Å². The van der Waals surface area contributed by atoms with E-state index in [9.17, 15) is 43.2 Å². The average Bonchev–Trinajstić information content (AvgIpc) is 3.37. The first-order chi connectivity index (χ1) is 35.5. The molecule has 2 saturated heterocycles. The van der Waals surface area contributed by atoms with Gasteiger partial charge in [0.2, 0.25) is 29.5 Å². The molecule has 12 atom stereocenters. The highest BCUT2D eigenvalue weighted by atomic mass is 32.2. The Kier molecular flexibility index (Phi) is 24.2. The zero-order chi connectivity index (χ0) is 55.4. The lowest BCUT2D eigenvalue weighted by Crippen LogP contribution is -2.68. The molecule has 2 aromatic carbocycles. The summed E-state index contributed by atoms with van der Waals surface area (Å²) in [6.45, 7) is 10.5. The highest BCUT2D eigenvalue weighted by molar-refractivity contribution is 7.99. The molecule has 4 rings (SSSR count). The molecular formula is C50H70N6O18S. The van der Waals surface area contributed by atoms with Gasteiger partial charge in [0.1, 0.15) is 66.3 Å². The van der Waals surface area contributed by atoms with Crippen LogP contribution in [0.2, 0.25) is 0 Å². The van der Waals surface area contributed by atoms with Crippen LogP contribution in [0.4, 0.5) is 4.79 Å². The number of carbonyl (C=O) groups is 9. The Bertz CT molecular complexity index is 2260. The minimum absolute atomic E-state index is 0.0453. The maximum absolute atomic E-state index is 13.8. The largest absolute Gasteiger partial charge is 0.467 e. The summed E-state index contributed by atoms with van der Waals surface area (Å²) in [6, 6.07) is 11.0. The van der Waals surface area contributed by atoms with E-state index in [1.165, 1.54) is 27.7 Å². The molecule has 2 aliphatic rings. The van der Waals surface area contributed by atoms with E-state index in [1.807, 2.05) is 60.7 Å². The molecule has 6 amide bonds. The smallest absolute Gasteiger partial charge is 0.408 e. The molecule has 25 heteroatoms. The molecule has 6 N–H and O–H groups in total. The van der Waals surface area contributed by atoms with Gasteiger partial charge >= 0.3 is 24.0 Å². The summed E-state index contributed by atoms with van der Waals surface area (Å²) in [4.78, 5) is 117. The van der Waals surface area contributed by atoms with Crippen LogP contribution >= 0.6 is 11.8 Å². The van der Waals surface area contributed by atoms with Crippen molar-refractivity contribution in [2.75, 3.05) is 39.4 Å². The number of ether oxygens (including phenoxy) is 9. The number of fused-ring (bicyclic) bond motifs is 1. The number of amides is 6. The molecule has 0 radical (unpaired) electrons. The molecule has 0 spiro atoms. The maximum Gasteiger partial charge on any atom is 0.408 e. The second kappa shape index (κ2) is 29.6. The van der Waals surface area contributed by atoms with Gasteiger partial charge in [0.05, 0.1) is 34.5 Å². The fraction of sp³-hybridized carbons (Fsp3) is 0.580. The number of carbonyl (C=O) groups excluding carboxylic acids is 9. The molecule has 0 aromatic heterocycles. The summed E-state index contributed by atoms with van der Waals surface area (Å²) < 4.78 is 51.1. The Hall–Kier alpha value is -6.38. The Labute approximate surface area is 439 Å². The number of thioether (sulfide) groups is 1. The SMILES string of the molecule is COC(=O)[C@H](CSC[C@@H](NC(=O)CC[C@@H](NC(=O)[C@H](C)NC(=O)[C@@H](C)O[C@@H]1C(NC(C)=O)[C@@H](OCc2ccccc2)OC2COC(c3ccccc3)O[C@H]21)C(=O)OC)C(=O)N[C@H](C)C(=O)OC)NC(=O)OC(C)(C)C. The zero-order valence-corrected chi connectivity index (χ0v) is 44.5. The van der Waals surface area contributed by atoms with Gasteiger partial charge in [-0.1, -0.05) is 60.7 Å². The van der Waals surface area contributed by atoms with Crippen molar-refractivity contribution in [3.63, 3.8) is 0 Å². The summed E-state index contributed by atoms with van der Waals surface area (Å²) >= 11 is 0.976. The van der Waals surface area contributed by atoms with E-state index in [0.29, 0.717) is 5.56 Å². The molecular weight excluding hydrogens is 1000 g/mol. The van der Waals surface area contributed by atoms with Gasteiger partial charge in [-0.15, -0.1) is 0 Å². The van der Waals surface area contributed by atoms with Crippen LogP contribution in [0.25, 0.3) is 0 Å². The van der Waals surface area contributed by atoms with Gasteiger partial charge in [0, 0.05) is 30.4 Å². The van der Waals surface area contributed by atoms with E-state index < -0.39 is 139 Å². The quantitative estimate of drug-likeness (QED) is 0.0602. The third-order valence-corrected chi connectivity index (χ3v) is 12.4. The lowest BCUT2D eigenvalue weighted by Gasteiger charge is -2.49. The Morgan fingerprint density at radius 1 is 0.693 bits per heavy atom. The summed E-state index contributed by atoms with van der Waals surface area (Å²) in [5.74, 6) is -6.44. The number of benzene rings is 2. The summed E-state index contributed by atoms with van der Waals surface area (Å²) in [5, 5.41) is 15.3. The number of alkyl carbamates (subject to hydrolysis) is 1. The van der Waals surface area contributed by atoms with Crippen molar-refractivity contribution >= 4 is 65.3 Å². The van der Waals surface area contributed by atoms with Crippen LogP contribution in [0.5, 0.6) is 0 Å². The highest BCUT2D eigenvalue weighted by Crippen LogP contribution is 2.36. The van der Waals surface area contributed by atoms with Gasteiger partial charge in [-0.25, -0.2) is 19.2 Å². The molecule has 75 heavy (non-hydrogen) atoms. The van der Waals surface area contributed by atoms with Gasteiger partial charge in [0.15, 0.2) is 12.6 Å². The predicted octanol–water partition coefficient (Wildman–Crippen LogP) is 1.23. The molecule has 3 unspecified atom stereocenters. The minimum atomic E-state index is -1.42. The molecule has 2 aliphatic heterocycles. The van der Waals surface area contributed by atoms with Crippen molar-refractivity contribution in [2.45, 2.75) is 147 Å². The average molecular weight is 1080 g/mol. The standard InChI is InChI=1S/C50H70N6O18S/c1-27(51-42(60)29(3)71-40-38(53-30(4)57)48(69-23-31-17-13-11-14-18-31)72-36-24-70-47(73-39(36)40)32-19-15-12-16-20-32)41(59)55-33(45(63)67-9)21-22-37(58)54-34(43(61)52-28(2)44(62)66-8)25-75-26-35(46(64)68-10)56-49(65)74-50(5,6)7/h11-20,27-29,33-36,38-40,47-48H,21-26H2,1-10H3,(H,51,60)(H,52,61)(H,53,57)(H,54,58)(H,55,59)(H,56,65)/t27-,28+,29+,33+,34+,35-,36?,38?,39+,40+,47?,48-/m0/s1. The summed E-state index contributed by atoms with van der Waals surface area (Å²) in [5.41, 5.74) is 0.656. The normalized spacial score (nSPS) is 21.6. The predicted molar refractivity (Wildman–Crippen MR) is 267 cm³/mol. The van der Waals surface area contributed by atoms with Gasteiger partial charge in [-0.2, -0.15) is 11.8 Å². The van der Waals surface area contributed by atoms with E-state index in [-0.39, 0.29) is 31.1 Å². The van der Waals surface area contributed by atoms with E-state index in [1.54, 1.807) is 20.8 Å². The molecule has 0 bridgehead atoms. The first-order valence-corrected chi connectivity index (χ1v) is 25.3. The van der Waals surface area contributed by atoms with E-state index in [0.717, 1.165) is 38.7 Å². The molecule has 24 nitrogen and oxygen atoms in total. The van der Waals surface area contributed by atoms with Crippen LogP contribution in [-0.4, -0.2) is 166 Å². The van der Waals surface area contributed by atoms with Crippen LogP contribution in [0.15, 0.2) is 60.7 Å². The van der Waals surface area contributed by atoms with E-state index >= 15 is 0 Å². The van der Waals surface area contributed by atoms with E-state index in [2.05, 4.69) is 31.9 Å². The Balaban J connectivity index is 1.43. The third kappa shape index (κ3) is 19.7. The number of hydrogen-bond acceptors (Lipinski definition) is 19. The van der Waals surface area contributed by atoms with E-state index in [4.69, 9.17) is 42.6 Å². The van der Waals surface area contributed by atoms with Crippen LogP contribution in [0, 0.1) is 0 Å². The van der Waals surface area contributed by atoms with Crippen LogP contribution in [0.3, 0.4) is 0 Å². The second-order valence-corrected chi connectivity index (χ2v) is 19.5. The summed E-state index contributed by atoms with van der Waals surface area (Å²) in [6.07, 6.45) is -7.65. The zero-order valence-electron chi connectivity index (χ0n) is 43.7. The number of methoxy groups -OCH3 is 3. The van der Waals surface area contributed by atoms with Crippen molar-refractivity contribution < 1.29 is 85.8 Å². The van der Waals surface area contributed by atoms with Crippen LogP contribution in [-0.2, 0) is 87.6 Å². The monoisotopic (exact) mass is 1070 g/mol. The number of esters is 3. The maximum atomic E-state index is 13.8. The van der Waals surface area contributed by atoms with Crippen LogP contribution < -0.4 is 31.9 Å². The molecule has 0 saturated carbocycles. The Morgan fingerprint density at radius 3 is 1.91 bits per heavy atom. The molecule has 2 fully saturated rings. The lowest BCUT2D eigenvalue weighted by atomic mass is 9.95. The van der Waals surface area contributed by atoms with Crippen LogP contribution in [0.1, 0.15) is 78.7 Å². The number of nitrogens with one attached hydrogen (secondary N) is 6. The highest BCUT2D eigenvalue weighted by Gasteiger charge is 2.52.